The molecular weight excluding hydrogens is 142 g/mol. The quantitative estimate of drug-likeness (QED) is 0.184. The van der Waals surface area contributed by atoms with Crippen molar-refractivity contribution in [3.8, 4) is 0 Å². The van der Waals surface area contributed by atoms with E-state index in [4.69, 9.17) is 11.3 Å². The number of nitrogens with one attached hydrogen (secondary N) is 2. The first-order valence-corrected chi connectivity index (χ1v) is 3.74. The highest BCUT2D eigenvalue weighted by Gasteiger charge is 2.15. The summed E-state index contributed by atoms with van der Waals surface area (Å²) >= 11 is 0. The van der Waals surface area contributed by atoms with E-state index in [-0.39, 0.29) is 8.69 Å². The van der Waals surface area contributed by atoms with E-state index < -0.39 is 0 Å². The van der Waals surface area contributed by atoms with Crippen molar-refractivity contribution in [3.63, 3.8) is 0 Å². The molecule has 1 rings (SSSR count). The Labute approximate surface area is 68.5 Å². The summed E-state index contributed by atoms with van der Waals surface area (Å²) in [5.41, 5.74) is 0. The van der Waals surface area contributed by atoms with Gasteiger partial charge in [-0.05, 0) is 19.4 Å². The Morgan fingerprint density at radius 3 is 3.18 bits per heavy atom. The second-order valence-corrected chi connectivity index (χ2v) is 2.66. The average molecular weight is 159 g/mol. The van der Waals surface area contributed by atoms with Crippen molar-refractivity contribution in [2.24, 2.45) is 16.2 Å². The van der Waals surface area contributed by atoms with Gasteiger partial charge in [-0.3, -0.25) is 5.41 Å². The van der Waals surface area contributed by atoms with Crippen LogP contribution in [0.1, 0.15) is 22.1 Å². The van der Waals surface area contributed by atoms with Gasteiger partial charge >= 0.3 is 0 Å². The lowest BCUT2D eigenvalue weighted by Gasteiger charge is -2.06. The van der Waals surface area contributed by atoms with E-state index >= 15 is 0 Å². The van der Waals surface area contributed by atoms with Gasteiger partial charge in [0.05, 0.1) is 0 Å². The minimum absolute atomic E-state index is 0. The maximum atomic E-state index is 7.27. The molecule has 0 amide bonds. The summed E-state index contributed by atoms with van der Waals surface area (Å²) in [6, 6.07) is 0.410. The Hall–Kier alpha value is -0.970. The van der Waals surface area contributed by atoms with E-state index in [9.17, 15) is 0 Å². The third-order valence-electron chi connectivity index (χ3n) is 1.78. The molecule has 1 fully saturated rings. The van der Waals surface area contributed by atoms with Crippen LogP contribution in [0.2, 0.25) is 0 Å². The molecule has 0 saturated carbocycles. The lowest BCUT2D eigenvalue weighted by molar-refractivity contribution is 0.624. The number of hydrogen-bond donors (Lipinski definition) is 3. The second-order valence-electron chi connectivity index (χ2n) is 2.66. The number of nitrogens with two attached hydrogens (primary N) is 1. The lowest BCUT2D eigenvalue weighted by atomic mass is 10.1. The van der Waals surface area contributed by atoms with Crippen LogP contribution >= 0.6 is 0 Å². The zero-order chi connectivity index (χ0) is 8.10. The Morgan fingerprint density at radius 2 is 2.64 bits per heavy atom. The van der Waals surface area contributed by atoms with E-state index in [0.29, 0.717) is 12.5 Å². The molecule has 1 saturated heterocycles. The molecule has 0 unspecified atom stereocenters. The zero-order valence-corrected chi connectivity index (χ0v) is 6.38. The standard InChI is InChI=1S/C6H13N5.2H2/c7-6(10-11-8)4-5-2-1-3-9-5;;/h5,9H,1-4H2,(H3,7,8,10);2*1H/t5-;;/m1../s1. The molecule has 1 aliphatic rings. The molecule has 5 nitrogen and oxygen atoms in total. The molecule has 1 aliphatic heterocycles. The third-order valence-corrected chi connectivity index (χ3v) is 1.78. The minimum Gasteiger partial charge on any atom is -0.314 e. The predicted octanol–water partition coefficient (Wildman–Crippen LogP) is 0.924. The van der Waals surface area contributed by atoms with Gasteiger partial charge in [-0.2, -0.15) is 0 Å². The minimum atomic E-state index is 0. The maximum absolute atomic E-state index is 7.27. The van der Waals surface area contributed by atoms with Gasteiger partial charge in [0.1, 0.15) is 5.84 Å². The van der Waals surface area contributed by atoms with Crippen LogP contribution in [0, 0.1) is 5.41 Å². The van der Waals surface area contributed by atoms with E-state index in [1.807, 2.05) is 0 Å². The summed E-state index contributed by atoms with van der Waals surface area (Å²) in [5, 5.41) is 17.0. The van der Waals surface area contributed by atoms with Gasteiger partial charge in [-0.15, -0.1) is 5.11 Å². The largest absolute Gasteiger partial charge is 0.314 e. The molecule has 4 N–H and O–H groups in total. The van der Waals surface area contributed by atoms with Gasteiger partial charge < -0.3 is 11.2 Å². The van der Waals surface area contributed by atoms with Crippen molar-refractivity contribution in [2.45, 2.75) is 25.3 Å². The highest BCUT2D eigenvalue weighted by atomic mass is 15.3. The normalized spacial score (nSPS) is 24.5. The Bertz CT molecular complexity index is 166. The number of hydrogen-bond acceptors (Lipinski definition) is 3. The van der Waals surface area contributed by atoms with Crippen LogP contribution in [0.4, 0.5) is 0 Å². The van der Waals surface area contributed by atoms with Gasteiger partial charge in [0.25, 0.3) is 0 Å². The zero-order valence-electron chi connectivity index (χ0n) is 6.38. The SMILES string of the molecule is N=C(C[C@H]1CCCN1)N=NN.[HH].[HH]. The monoisotopic (exact) mass is 159 g/mol. The molecule has 0 aliphatic carbocycles. The van der Waals surface area contributed by atoms with Crippen LogP contribution in [0.3, 0.4) is 0 Å². The summed E-state index contributed by atoms with van der Waals surface area (Å²) < 4.78 is 0. The van der Waals surface area contributed by atoms with Crippen molar-refractivity contribution in [2.75, 3.05) is 6.54 Å². The first-order chi connectivity index (χ1) is 5.33. The molecule has 66 valence electrons. The molecule has 0 radical (unpaired) electrons. The van der Waals surface area contributed by atoms with Gasteiger partial charge in [-0.25, -0.2) is 0 Å². The summed E-state index contributed by atoms with van der Waals surface area (Å²) in [4.78, 5) is 0. The fourth-order valence-electron chi connectivity index (χ4n) is 1.27. The van der Waals surface area contributed by atoms with E-state index in [2.05, 4.69) is 15.7 Å². The first-order valence-electron chi connectivity index (χ1n) is 3.74. The van der Waals surface area contributed by atoms with E-state index in [0.717, 1.165) is 13.0 Å². The molecule has 1 atom stereocenters. The summed E-state index contributed by atoms with van der Waals surface area (Å²) in [6.07, 6.45) is 2.96. The Kier molecular flexibility index (Phi) is 2.97. The van der Waals surface area contributed by atoms with E-state index in [1.54, 1.807) is 0 Å². The molecule has 11 heavy (non-hydrogen) atoms. The number of nitrogens with zero attached hydrogens (tertiary/aromatic N) is 2. The van der Waals surface area contributed by atoms with Crippen molar-refractivity contribution >= 4 is 5.84 Å². The molecular formula is C6H17N5. The fourth-order valence-corrected chi connectivity index (χ4v) is 1.27. The lowest BCUT2D eigenvalue weighted by Crippen LogP contribution is -2.23. The smallest absolute Gasteiger partial charge is 0.146 e. The molecule has 5 heteroatoms. The molecule has 1 heterocycles. The van der Waals surface area contributed by atoms with Gasteiger partial charge in [0.15, 0.2) is 0 Å². The first kappa shape index (κ1) is 8.13. The predicted molar refractivity (Wildman–Crippen MR) is 46.6 cm³/mol. The van der Waals surface area contributed by atoms with Crippen molar-refractivity contribution in [1.82, 2.24) is 5.32 Å². The maximum Gasteiger partial charge on any atom is 0.146 e. The highest BCUT2D eigenvalue weighted by Crippen LogP contribution is 2.09. The molecule has 0 aromatic carbocycles. The average Bonchev–Trinajstić information content (AvgIpc) is 2.40. The van der Waals surface area contributed by atoms with Gasteiger partial charge in [0.2, 0.25) is 0 Å². The third kappa shape index (κ3) is 2.63. The Morgan fingerprint density at radius 1 is 1.82 bits per heavy atom. The van der Waals surface area contributed by atoms with Crippen LogP contribution in [0.15, 0.2) is 10.3 Å². The summed E-state index contributed by atoms with van der Waals surface area (Å²) in [7, 11) is 0. The van der Waals surface area contributed by atoms with Crippen molar-refractivity contribution in [3.05, 3.63) is 0 Å². The fraction of sp³-hybridized carbons (Fsp3) is 0.833. The number of rotatable bonds is 2. The van der Waals surface area contributed by atoms with Crippen LogP contribution in [0.25, 0.3) is 0 Å². The summed E-state index contributed by atoms with van der Waals surface area (Å²) in [5.74, 6) is 5.06. The number of amidine groups is 1. The Balaban J connectivity index is 0. The van der Waals surface area contributed by atoms with Crippen LogP contribution < -0.4 is 11.2 Å². The van der Waals surface area contributed by atoms with Crippen molar-refractivity contribution in [1.29, 1.82) is 5.41 Å². The van der Waals surface area contributed by atoms with E-state index in [1.165, 1.54) is 6.42 Å². The van der Waals surface area contributed by atoms with Gasteiger partial charge in [-0.1, -0.05) is 5.22 Å². The summed E-state index contributed by atoms with van der Waals surface area (Å²) in [6.45, 7) is 1.05. The highest BCUT2D eigenvalue weighted by molar-refractivity contribution is 5.79. The van der Waals surface area contributed by atoms with Gasteiger partial charge in [0, 0.05) is 15.3 Å². The molecule has 0 bridgehead atoms. The second kappa shape index (κ2) is 4.02. The van der Waals surface area contributed by atoms with Crippen LogP contribution in [-0.2, 0) is 0 Å². The topological polar surface area (TPSA) is 86.6 Å². The molecule has 0 aromatic heterocycles. The molecule has 0 aromatic rings. The van der Waals surface area contributed by atoms with Crippen molar-refractivity contribution < 1.29 is 2.85 Å². The van der Waals surface area contributed by atoms with Crippen LogP contribution in [-0.4, -0.2) is 18.4 Å². The van der Waals surface area contributed by atoms with Crippen LogP contribution in [0.5, 0.6) is 0 Å². The molecule has 0 spiro atoms.